The summed E-state index contributed by atoms with van der Waals surface area (Å²) in [6, 6.07) is 22.0. The second kappa shape index (κ2) is 12.1. The number of aromatic nitrogens is 3. The Kier molecular flexibility index (Phi) is 8.47. The van der Waals surface area contributed by atoms with Gasteiger partial charge in [-0.15, -0.1) is 5.10 Å². The van der Waals surface area contributed by atoms with Crippen LogP contribution in [0, 0.1) is 5.92 Å². The Hall–Kier alpha value is -4.53. The molecule has 4 aromatic rings. The Balaban J connectivity index is 1.79. The maximum absolute atomic E-state index is 14.0. The molecule has 0 aliphatic carbocycles. The molecule has 0 saturated carbocycles. The molecular weight excluding hydrogens is 482 g/mol. The fourth-order valence-electron chi connectivity index (χ4n) is 4.21. The first-order valence-electron chi connectivity index (χ1n) is 12.5. The average molecular weight is 514 g/mol. The molecule has 2 amide bonds. The molecule has 0 radical (unpaired) electrons. The number of rotatable bonds is 10. The number of fused-ring (bicyclic) bond motifs is 1. The van der Waals surface area contributed by atoms with Gasteiger partial charge in [0.25, 0.3) is 0 Å². The zero-order chi connectivity index (χ0) is 27.1. The van der Waals surface area contributed by atoms with E-state index in [2.05, 4.69) is 29.5 Å². The highest BCUT2D eigenvalue weighted by atomic mass is 16.5. The van der Waals surface area contributed by atoms with Crippen molar-refractivity contribution in [3.05, 3.63) is 90.0 Å². The van der Waals surface area contributed by atoms with Gasteiger partial charge in [0.05, 0.1) is 18.2 Å². The Bertz CT molecular complexity index is 1420. The lowest BCUT2D eigenvalue weighted by atomic mass is 10.0. The van der Waals surface area contributed by atoms with E-state index in [9.17, 15) is 14.4 Å². The van der Waals surface area contributed by atoms with E-state index in [1.165, 1.54) is 16.7 Å². The molecule has 3 aromatic carbocycles. The molecule has 38 heavy (non-hydrogen) atoms. The summed E-state index contributed by atoms with van der Waals surface area (Å²) in [6.45, 7) is 4.47. The predicted octanol–water partition coefficient (Wildman–Crippen LogP) is 4.15. The highest BCUT2D eigenvalue weighted by molar-refractivity contribution is 6.02. The molecule has 4 rings (SSSR count). The molecule has 0 aliphatic heterocycles. The maximum atomic E-state index is 14.0. The topological polar surface area (TPSA) is 106 Å². The number of carbonyl (C=O) groups excluding carboxylic acids is 3. The molecule has 1 aromatic heterocycles. The Morgan fingerprint density at radius 2 is 1.71 bits per heavy atom. The van der Waals surface area contributed by atoms with Crippen LogP contribution >= 0.6 is 0 Å². The monoisotopic (exact) mass is 513 g/mol. The number of amides is 2. The van der Waals surface area contributed by atoms with Gasteiger partial charge in [-0.1, -0.05) is 67.6 Å². The van der Waals surface area contributed by atoms with E-state index in [0.29, 0.717) is 34.7 Å². The fourth-order valence-corrected chi connectivity index (χ4v) is 4.21. The van der Waals surface area contributed by atoms with E-state index in [0.717, 1.165) is 6.42 Å². The second-order valence-corrected chi connectivity index (χ2v) is 9.33. The van der Waals surface area contributed by atoms with Crippen LogP contribution in [0.3, 0.4) is 0 Å². The normalized spacial score (nSPS) is 11.8. The third-order valence-electron chi connectivity index (χ3n) is 6.16. The quantitative estimate of drug-likeness (QED) is 0.319. The van der Waals surface area contributed by atoms with Crippen molar-refractivity contribution in [1.82, 2.24) is 20.3 Å². The summed E-state index contributed by atoms with van der Waals surface area (Å²) < 4.78 is 6.40. The number of hydrogen-bond donors (Lipinski definition) is 1. The number of hydrogen-bond acceptors (Lipinski definition) is 6. The number of esters is 1. The first kappa shape index (κ1) is 26.5. The van der Waals surface area contributed by atoms with E-state index < -0.39 is 17.9 Å². The van der Waals surface area contributed by atoms with Gasteiger partial charge in [0.1, 0.15) is 18.1 Å². The molecule has 9 heteroatoms. The summed E-state index contributed by atoms with van der Waals surface area (Å²) in [4.78, 5) is 41.5. The van der Waals surface area contributed by atoms with Gasteiger partial charge in [-0.25, -0.2) is 9.48 Å². The molecule has 1 N–H and O–H groups in total. The Labute approximate surface area is 221 Å². The van der Waals surface area contributed by atoms with Gasteiger partial charge in [0.15, 0.2) is 0 Å². The smallest absolute Gasteiger partial charge is 0.337 e. The molecule has 1 atom stereocenters. The van der Waals surface area contributed by atoms with Crippen LogP contribution in [0.1, 0.15) is 42.2 Å². The fraction of sp³-hybridized carbons (Fsp3) is 0.276. The number of benzene rings is 3. The molecule has 0 unspecified atom stereocenters. The molecule has 1 heterocycles. The van der Waals surface area contributed by atoms with Crippen molar-refractivity contribution >= 4 is 34.5 Å². The molecule has 0 fully saturated rings. The number of ether oxygens (including phenoxy) is 1. The van der Waals surface area contributed by atoms with Crippen LogP contribution in [-0.4, -0.2) is 46.4 Å². The van der Waals surface area contributed by atoms with Crippen LogP contribution in [0.25, 0.3) is 11.0 Å². The van der Waals surface area contributed by atoms with Crippen LogP contribution in [0.4, 0.5) is 5.69 Å². The minimum absolute atomic E-state index is 0.161. The lowest BCUT2D eigenvalue weighted by molar-refractivity contribution is -0.127. The Morgan fingerprint density at radius 3 is 2.45 bits per heavy atom. The van der Waals surface area contributed by atoms with Crippen LogP contribution in [0.2, 0.25) is 0 Å². The molecule has 9 nitrogen and oxygen atoms in total. The molecule has 0 spiro atoms. The summed E-state index contributed by atoms with van der Waals surface area (Å²) in [6.07, 6.45) is 0.796. The summed E-state index contributed by atoms with van der Waals surface area (Å²) >= 11 is 0. The number of nitrogens with one attached hydrogen (secondary N) is 1. The SMILES string of the molecule is COC(=O)c1cccc(N(C(=O)Cn2nnc3ccccc32)[C@H](C(=O)NCCC(C)C)c2ccccc2)c1. The van der Waals surface area contributed by atoms with E-state index in [1.807, 2.05) is 54.6 Å². The second-order valence-electron chi connectivity index (χ2n) is 9.33. The van der Waals surface area contributed by atoms with Gasteiger partial charge in [-0.2, -0.15) is 0 Å². The van der Waals surface area contributed by atoms with Crippen molar-refractivity contribution in [1.29, 1.82) is 0 Å². The lowest BCUT2D eigenvalue weighted by Crippen LogP contribution is -2.45. The van der Waals surface area contributed by atoms with Crippen molar-refractivity contribution in [2.24, 2.45) is 5.92 Å². The highest BCUT2D eigenvalue weighted by Crippen LogP contribution is 2.30. The molecule has 0 bridgehead atoms. The number of anilines is 1. The summed E-state index contributed by atoms with van der Waals surface area (Å²) in [5.74, 6) is -0.854. The van der Waals surface area contributed by atoms with Gasteiger partial charge >= 0.3 is 5.97 Å². The van der Waals surface area contributed by atoms with Crippen molar-refractivity contribution in [3.8, 4) is 0 Å². The van der Waals surface area contributed by atoms with Crippen LogP contribution in [0.15, 0.2) is 78.9 Å². The van der Waals surface area contributed by atoms with Crippen LogP contribution in [0.5, 0.6) is 0 Å². The van der Waals surface area contributed by atoms with E-state index in [-0.39, 0.29) is 18.0 Å². The lowest BCUT2D eigenvalue weighted by Gasteiger charge is -2.32. The van der Waals surface area contributed by atoms with Gasteiger partial charge in [0, 0.05) is 12.2 Å². The third-order valence-corrected chi connectivity index (χ3v) is 6.16. The number of nitrogens with zero attached hydrogens (tertiary/aromatic N) is 4. The zero-order valence-electron chi connectivity index (χ0n) is 21.7. The maximum Gasteiger partial charge on any atom is 0.337 e. The van der Waals surface area contributed by atoms with E-state index in [4.69, 9.17) is 4.74 Å². The van der Waals surface area contributed by atoms with Gasteiger partial charge in [-0.05, 0) is 48.2 Å². The summed E-state index contributed by atoms with van der Waals surface area (Å²) in [7, 11) is 1.29. The largest absolute Gasteiger partial charge is 0.465 e. The molecule has 0 aliphatic rings. The standard InChI is InChI=1S/C29H31N5O4/c1-20(2)16-17-30-28(36)27(21-10-5-4-6-11-21)34(23-13-9-12-22(18-23)29(37)38-3)26(35)19-33-25-15-8-7-14-24(25)31-32-33/h4-15,18,20,27H,16-17,19H2,1-3H3,(H,30,36)/t27-/m0/s1. The van der Waals surface area contributed by atoms with Gasteiger partial charge < -0.3 is 10.1 Å². The minimum Gasteiger partial charge on any atom is -0.465 e. The van der Waals surface area contributed by atoms with Gasteiger partial charge in [-0.3, -0.25) is 14.5 Å². The number of para-hydroxylation sites is 1. The number of carbonyl (C=O) groups is 3. The van der Waals surface area contributed by atoms with Crippen molar-refractivity contribution in [2.45, 2.75) is 32.9 Å². The van der Waals surface area contributed by atoms with Crippen molar-refractivity contribution < 1.29 is 19.1 Å². The number of methoxy groups -OCH3 is 1. The van der Waals surface area contributed by atoms with Gasteiger partial charge in [0.2, 0.25) is 11.8 Å². The van der Waals surface area contributed by atoms with Crippen molar-refractivity contribution in [2.75, 3.05) is 18.6 Å². The molecule has 0 saturated heterocycles. The zero-order valence-corrected chi connectivity index (χ0v) is 21.7. The first-order valence-corrected chi connectivity index (χ1v) is 12.5. The van der Waals surface area contributed by atoms with Crippen LogP contribution in [-0.2, 0) is 20.9 Å². The summed E-state index contributed by atoms with van der Waals surface area (Å²) in [5, 5.41) is 11.3. The van der Waals surface area contributed by atoms with E-state index in [1.54, 1.807) is 24.3 Å². The molecule has 196 valence electrons. The van der Waals surface area contributed by atoms with Crippen molar-refractivity contribution in [3.63, 3.8) is 0 Å². The van der Waals surface area contributed by atoms with E-state index >= 15 is 0 Å². The minimum atomic E-state index is -0.987. The highest BCUT2D eigenvalue weighted by Gasteiger charge is 2.33. The third kappa shape index (κ3) is 6.05. The molecular formula is C29H31N5O4. The Morgan fingerprint density at radius 1 is 0.974 bits per heavy atom. The summed E-state index contributed by atoms with van der Waals surface area (Å²) in [5.41, 5.74) is 2.64. The predicted molar refractivity (Wildman–Crippen MR) is 144 cm³/mol. The van der Waals surface area contributed by atoms with Crippen LogP contribution < -0.4 is 10.2 Å². The first-order chi connectivity index (χ1) is 18.4. The average Bonchev–Trinajstić information content (AvgIpc) is 3.34.